The SMILES string of the molecule is COCCCNC(=O)CN(C)C(=O)COc1ccc2ccccc2c1. The van der Waals surface area contributed by atoms with E-state index in [2.05, 4.69) is 5.32 Å². The van der Waals surface area contributed by atoms with Crippen LogP contribution >= 0.6 is 0 Å². The standard InChI is InChI=1S/C19H24N2O4/c1-21(13-18(22)20-10-5-11-24-2)19(23)14-25-17-9-8-15-6-3-4-7-16(15)12-17/h3-4,6-9,12H,5,10-11,13-14H2,1-2H3,(H,20,22). The lowest BCUT2D eigenvalue weighted by atomic mass is 10.1. The Labute approximate surface area is 147 Å². The number of carbonyl (C=O) groups excluding carboxylic acids is 2. The molecule has 0 unspecified atom stereocenters. The van der Waals surface area contributed by atoms with Crippen molar-refractivity contribution in [1.82, 2.24) is 10.2 Å². The molecule has 0 saturated heterocycles. The molecule has 2 amide bonds. The molecule has 0 fully saturated rings. The van der Waals surface area contributed by atoms with Crippen LogP contribution in [0.2, 0.25) is 0 Å². The van der Waals surface area contributed by atoms with Gasteiger partial charge in [-0.1, -0.05) is 30.3 Å². The molecule has 0 spiro atoms. The van der Waals surface area contributed by atoms with Gasteiger partial charge in [-0.3, -0.25) is 9.59 Å². The average molecular weight is 344 g/mol. The van der Waals surface area contributed by atoms with E-state index in [-0.39, 0.29) is 25.0 Å². The van der Waals surface area contributed by atoms with Crippen LogP contribution in [0.3, 0.4) is 0 Å². The molecule has 6 nitrogen and oxygen atoms in total. The van der Waals surface area contributed by atoms with Gasteiger partial charge in [-0.2, -0.15) is 0 Å². The Balaban J connectivity index is 1.77. The van der Waals surface area contributed by atoms with Gasteiger partial charge < -0.3 is 19.7 Å². The van der Waals surface area contributed by atoms with E-state index in [1.807, 2.05) is 42.5 Å². The normalized spacial score (nSPS) is 10.5. The number of fused-ring (bicyclic) bond motifs is 1. The molecule has 6 heteroatoms. The molecule has 2 aromatic rings. The zero-order valence-electron chi connectivity index (χ0n) is 14.7. The predicted molar refractivity (Wildman–Crippen MR) is 96.6 cm³/mol. The smallest absolute Gasteiger partial charge is 0.260 e. The van der Waals surface area contributed by atoms with E-state index in [1.54, 1.807) is 14.2 Å². The van der Waals surface area contributed by atoms with Crippen LogP contribution in [0, 0.1) is 0 Å². The molecule has 2 aromatic carbocycles. The molecular weight excluding hydrogens is 320 g/mol. The van der Waals surface area contributed by atoms with Gasteiger partial charge in [0.15, 0.2) is 6.61 Å². The number of likely N-dealkylation sites (N-methyl/N-ethyl adjacent to an activating group) is 1. The molecule has 25 heavy (non-hydrogen) atoms. The third kappa shape index (κ3) is 6.08. The van der Waals surface area contributed by atoms with Crippen LogP contribution in [0.15, 0.2) is 42.5 Å². The third-order valence-corrected chi connectivity index (χ3v) is 3.74. The van der Waals surface area contributed by atoms with Crippen LogP contribution in [-0.2, 0) is 14.3 Å². The molecule has 0 aromatic heterocycles. The molecule has 0 saturated carbocycles. The Kier molecular flexibility index (Phi) is 7.22. The Morgan fingerprint density at radius 3 is 2.64 bits per heavy atom. The highest BCUT2D eigenvalue weighted by Gasteiger charge is 2.13. The second-order valence-electron chi connectivity index (χ2n) is 5.74. The predicted octanol–water partition coefficient (Wildman–Crippen LogP) is 1.83. The van der Waals surface area contributed by atoms with Crippen molar-refractivity contribution in [3.05, 3.63) is 42.5 Å². The van der Waals surface area contributed by atoms with E-state index < -0.39 is 0 Å². The lowest BCUT2D eigenvalue weighted by Gasteiger charge is -2.17. The number of benzene rings is 2. The summed E-state index contributed by atoms with van der Waals surface area (Å²) < 4.78 is 10.5. The topological polar surface area (TPSA) is 67.9 Å². The maximum atomic E-state index is 12.1. The molecule has 2 rings (SSSR count). The number of ether oxygens (including phenoxy) is 2. The van der Waals surface area contributed by atoms with Gasteiger partial charge >= 0.3 is 0 Å². The minimum atomic E-state index is -0.250. The van der Waals surface area contributed by atoms with E-state index >= 15 is 0 Å². The molecule has 0 heterocycles. The number of amides is 2. The van der Waals surface area contributed by atoms with E-state index in [1.165, 1.54) is 4.90 Å². The van der Waals surface area contributed by atoms with Crippen molar-refractivity contribution >= 4 is 22.6 Å². The van der Waals surface area contributed by atoms with Gasteiger partial charge in [-0.05, 0) is 29.3 Å². The molecule has 0 radical (unpaired) electrons. The first-order valence-electron chi connectivity index (χ1n) is 8.21. The van der Waals surface area contributed by atoms with Crippen molar-refractivity contribution in [2.45, 2.75) is 6.42 Å². The second-order valence-corrected chi connectivity index (χ2v) is 5.74. The monoisotopic (exact) mass is 344 g/mol. The summed E-state index contributed by atoms with van der Waals surface area (Å²) in [4.78, 5) is 25.2. The summed E-state index contributed by atoms with van der Waals surface area (Å²) in [6.45, 7) is 1.02. The molecule has 1 N–H and O–H groups in total. The Morgan fingerprint density at radius 1 is 1.12 bits per heavy atom. The van der Waals surface area contributed by atoms with Crippen LogP contribution in [0.4, 0.5) is 0 Å². The van der Waals surface area contributed by atoms with Crippen molar-refractivity contribution in [2.75, 3.05) is 40.5 Å². The van der Waals surface area contributed by atoms with E-state index in [0.717, 1.165) is 17.2 Å². The fourth-order valence-corrected chi connectivity index (χ4v) is 2.32. The molecular formula is C19H24N2O4. The highest BCUT2D eigenvalue weighted by atomic mass is 16.5. The summed E-state index contributed by atoms with van der Waals surface area (Å²) in [6.07, 6.45) is 0.741. The van der Waals surface area contributed by atoms with Crippen LogP contribution in [0.1, 0.15) is 6.42 Å². The number of hydrogen-bond donors (Lipinski definition) is 1. The Bertz CT molecular complexity index is 717. The quantitative estimate of drug-likeness (QED) is 0.705. The summed E-state index contributed by atoms with van der Waals surface area (Å²) in [6, 6.07) is 13.6. The van der Waals surface area contributed by atoms with Crippen molar-refractivity contribution in [2.24, 2.45) is 0 Å². The van der Waals surface area contributed by atoms with Gasteiger partial charge in [0.1, 0.15) is 5.75 Å². The van der Waals surface area contributed by atoms with Crippen LogP contribution in [-0.4, -0.2) is 57.2 Å². The van der Waals surface area contributed by atoms with Crippen LogP contribution in [0.5, 0.6) is 5.75 Å². The number of nitrogens with zero attached hydrogens (tertiary/aromatic N) is 1. The number of carbonyl (C=O) groups is 2. The Hall–Kier alpha value is -2.60. The first kappa shape index (κ1) is 18.7. The molecule has 134 valence electrons. The van der Waals surface area contributed by atoms with Crippen molar-refractivity contribution in [3.8, 4) is 5.75 Å². The highest BCUT2D eigenvalue weighted by Crippen LogP contribution is 2.20. The number of rotatable bonds is 9. The summed E-state index contributed by atoms with van der Waals surface area (Å²) in [7, 11) is 3.20. The van der Waals surface area contributed by atoms with Crippen molar-refractivity contribution in [1.29, 1.82) is 0 Å². The minimum Gasteiger partial charge on any atom is -0.484 e. The number of hydrogen-bond acceptors (Lipinski definition) is 4. The number of methoxy groups -OCH3 is 1. The zero-order valence-corrected chi connectivity index (χ0v) is 14.7. The highest BCUT2D eigenvalue weighted by molar-refractivity contribution is 5.86. The van der Waals surface area contributed by atoms with Crippen molar-refractivity contribution in [3.63, 3.8) is 0 Å². The van der Waals surface area contributed by atoms with Crippen LogP contribution in [0.25, 0.3) is 10.8 Å². The first-order valence-corrected chi connectivity index (χ1v) is 8.21. The molecule has 0 bridgehead atoms. The van der Waals surface area contributed by atoms with E-state index in [0.29, 0.717) is 18.9 Å². The third-order valence-electron chi connectivity index (χ3n) is 3.74. The van der Waals surface area contributed by atoms with E-state index in [9.17, 15) is 9.59 Å². The molecule has 0 aliphatic heterocycles. The number of nitrogens with one attached hydrogen (secondary N) is 1. The van der Waals surface area contributed by atoms with Gasteiger partial charge in [0.25, 0.3) is 5.91 Å². The molecule has 0 aliphatic rings. The lowest BCUT2D eigenvalue weighted by molar-refractivity contribution is -0.136. The maximum Gasteiger partial charge on any atom is 0.260 e. The van der Waals surface area contributed by atoms with Crippen molar-refractivity contribution < 1.29 is 19.1 Å². The zero-order chi connectivity index (χ0) is 18.1. The Morgan fingerprint density at radius 2 is 1.88 bits per heavy atom. The van der Waals surface area contributed by atoms with Gasteiger partial charge in [0.2, 0.25) is 5.91 Å². The second kappa shape index (κ2) is 9.64. The molecule has 0 aliphatic carbocycles. The van der Waals surface area contributed by atoms with E-state index in [4.69, 9.17) is 9.47 Å². The summed E-state index contributed by atoms with van der Waals surface area (Å²) in [5.41, 5.74) is 0. The van der Waals surface area contributed by atoms with Gasteiger partial charge in [0.05, 0.1) is 6.54 Å². The first-order chi connectivity index (χ1) is 12.1. The minimum absolute atomic E-state index is 0.00684. The van der Waals surface area contributed by atoms with Gasteiger partial charge in [0, 0.05) is 27.3 Å². The van der Waals surface area contributed by atoms with Gasteiger partial charge in [-0.15, -0.1) is 0 Å². The summed E-state index contributed by atoms with van der Waals surface area (Å²) in [5.74, 6) is 0.183. The largest absolute Gasteiger partial charge is 0.484 e. The molecule has 0 atom stereocenters. The lowest BCUT2D eigenvalue weighted by Crippen LogP contribution is -2.40. The summed E-state index contributed by atoms with van der Waals surface area (Å²) in [5, 5.41) is 4.91. The average Bonchev–Trinajstić information content (AvgIpc) is 2.63. The fourth-order valence-electron chi connectivity index (χ4n) is 2.32. The van der Waals surface area contributed by atoms with Gasteiger partial charge in [-0.25, -0.2) is 0 Å². The van der Waals surface area contributed by atoms with Crippen LogP contribution < -0.4 is 10.1 Å². The maximum absolute atomic E-state index is 12.1. The summed E-state index contributed by atoms with van der Waals surface area (Å²) >= 11 is 0. The fraction of sp³-hybridized carbons (Fsp3) is 0.368.